The van der Waals surface area contributed by atoms with Crippen LogP contribution in [0.4, 0.5) is 0 Å². The second kappa shape index (κ2) is 8.24. The van der Waals surface area contributed by atoms with Crippen LogP contribution in [0.5, 0.6) is 0 Å². The van der Waals surface area contributed by atoms with E-state index < -0.39 is 0 Å². The maximum Gasteiger partial charge on any atom is 0.0229 e. The highest BCUT2D eigenvalue weighted by Crippen LogP contribution is 2.18. The van der Waals surface area contributed by atoms with Gasteiger partial charge in [-0.15, -0.1) is 0 Å². The van der Waals surface area contributed by atoms with Crippen molar-refractivity contribution in [3.8, 4) is 0 Å². The number of aliphatic imine (C=N–C) groups is 1. The van der Waals surface area contributed by atoms with Gasteiger partial charge in [0.15, 0.2) is 0 Å². The fourth-order valence-corrected chi connectivity index (χ4v) is 2.25. The van der Waals surface area contributed by atoms with Gasteiger partial charge in [-0.2, -0.15) is 0 Å². The van der Waals surface area contributed by atoms with Crippen molar-refractivity contribution in [2.24, 2.45) is 10.9 Å². The van der Waals surface area contributed by atoms with Crippen LogP contribution in [0, 0.1) is 5.92 Å². The molecule has 1 aliphatic rings. The Balaban J connectivity index is 2.46. The molecule has 0 spiro atoms. The first-order valence-electron chi connectivity index (χ1n) is 6.75. The molecule has 1 heterocycles. The molecule has 0 aromatic carbocycles. The molecule has 1 aliphatic heterocycles. The Morgan fingerprint density at radius 1 is 1.24 bits per heavy atom. The Hall–Kier alpha value is -0.890. The van der Waals surface area contributed by atoms with E-state index >= 15 is 0 Å². The van der Waals surface area contributed by atoms with Gasteiger partial charge in [0.2, 0.25) is 0 Å². The summed E-state index contributed by atoms with van der Waals surface area (Å²) in [6, 6.07) is 0. The standard InChI is InChI=1S/C15H26N2/c1-4-16-10-9-14(2)13-15-7-5-11-17(3)12-6-8-15/h4,9-10,13-14H,5-8,11-12H2,1-3H3/b10-9-,16-4-. The van der Waals surface area contributed by atoms with Crippen LogP contribution in [0.1, 0.15) is 39.5 Å². The Kier molecular flexibility index (Phi) is 6.87. The minimum atomic E-state index is 0.505. The predicted molar refractivity (Wildman–Crippen MR) is 76.5 cm³/mol. The van der Waals surface area contributed by atoms with Crippen molar-refractivity contribution in [1.29, 1.82) is 0 Å². The molecule has 0 aliphatic carbocycles. The Morgan fingerprint density at radius 3 is 2.47 bits per heavy atom. The molecule has 0 bridgehead atoms. The van der Waals surface area contributed by atoms with Crippen molar-refractivity contribution in [1.82, 2.24) is 4.90 Å². The molecular formula is C15H26N2. The SMILES string of the molecule is C/C=N\C=C/C(C)C=C1CCCN(C)CCC1. The zero-order valence-corrected chi connectivity index (χ0v) is 11.5. The van der Waals surface area contributed by atoms with Crippen molar-refractivity contribution < 1.29 is 0 Å². The van der Waals surface area contributed by atoms with Crippen LogP contribution < -0.4 is 0 Å². The average molecular weight is 234 g/mol. The lowest BCUT2D eigenvalue weighted by Gasteiger charge is -2.21. The molecule has 2 nitrogen and oxygen atoms in total. The second-order valence-electron chi connectivity index (χ2n) is 4.94. The van der Waals surface area contributed by atoms with E-state index in [9.17, 15) is 0 Å². The van der Waals surface area contributed by atoms with E-state index in [1.54, 1.807) is 5.57 Å². The molecule has 1 rings (SSSR count). The summed E-state index contributed by atoms with van der Waals surface area (Å²) in [5.74, 6) is 0.505. The van der Waals surface area contributed by atoms with E-state index in [-0.39, 0.29) is 0 Å². The minimum absolute atomic E-state index is 0.505. The molecular weight excluding hydrogens is 208 g/mol. The van der Waals surface area contributed by atoms with E-state index in [2.05, 4.69) is 36.0 Å². The van der Waals surface area contributed by atoms with Gasteiger partial charge in [-0.05, 0) is 58.7 Å². The minimum Gasteiger partial charge on any atom is -0.306 e. The molecule has 2 heteroatoms. The second-order valence-corrected chi connectivity index (χ2v) is 4.94. The normalized spacial score (nSPS) is 21.7. The summed E-state index contributed by atoms with van der Waals surface area (Å²) in [5.41, 5.74) is 1.63. The van der Waals surface area contributed by atoms with Gasteiger partial charge in [0.25, 0.3) is 0 Å². The highest BCUT2D eigenvalue weighted by Gasteiger charge is 2.07. The van der Waals surface area contributed by atoms with Crippen molar-refractivity contribution in [2.45, 2.75) is 39.5 Å². The smallest absolute Gasteiger partial charge is 0.0229 e. The maximum absolute atomic E-state index is 4.11. The highest BCUT2D eigenvalue weighted by molar-refractivity contribution is 5.54. The average Bonchev–Trinajstić information content (AvgIpc) is 2.26. The number of nitrogens with zero attached hydrogens (tertiary/aromatic N) is 2. The van der Waals surface area contributed by atoms with Gasteiger partial charge < -0.3 is 4.90 Å². The summed E-state index contributed by atoms with van der Waals surface area (Å²) >= 11 is 0. The van der Waals surface area contributed by atoms with Crippen LogP contribution in [0.2, 0.25) is 0 Å². The van der Waals surface area contributed by atoms with Gasteiger partial charge in [0.05, 0.1) is 0 Å². The quantitative estimate of drug-likeness (QED) is 0.537. The first-order valence-corrected chi connectivity index (χ1v) is 6.75. The van der Waals surface area contributed by atoms with Gasteiger partial charge in [0.1, 0.15) is 0 Å². The molecule has 96 valence electrons. The first kappa shape index (κ1) is 14.2. The van der Waals surface area contributed by atoms with Gasteiger partial charge in [0, 0.05) is 12.4 Å². The van der Waals surface area contributed by atoms with Crippen LogP contribution >= 0.6 is 0 Å². The van der Waals surface area contributed by atoms with Gasteiger partial charge in [-0.3, -0.25) is 4.99 Å². The Labute approximate surface area is 106 Å². The Morgan fingerprint density at radius 2 is 1.88 bits per heavy atom. The third-order valence-corrected chi connectivity index (χ3v) is 3.20. The van der Waals surface area contributed by atoms with Crippen LogP contribution in [0.3, 0.4) is 0 Å². The molecule has 1 saturated heterocycles. The lowest BCUT2D eigenvalue weighted by molar-refractivity contribution is 0.313. The van der Waals surface area contributed by atoms with Crippen molar-refractivity contribution in [2.75, 3.05) is 20.1 Å². The summed E-state index contributed by atoms with van der Waals surface area (Å²) in [6.07, 6.45) is 13.4. The van der Waals surface area contributed by atoms with Crippen LogP contribution in [-0.2, 0) is 0 Å². The molecule has 0 aromatic heterocycles. The zero-order valence-electron chi connectivity index (χ0n) is 11.5. The summed E-state index contributed by atoms with van der Waals surface area (Å²) in [7, 11) is 2.23. The summed E-state index contributed by atoms with van der Waals surface area (Å²) in [6.45, 7) is 6.65. The topological polar surface area (TPSA) is 15.6 Å². The lowest BCUT2D eigenvalue weighted by Crippen LogP contribution is -2.22. The number of likely N-dealkylation sites (tertiary alicyclic amines) is 1. The zero-order chi connectivity index (χ0) is 12.5. The molecule has 1 unspecified atom stereocenters. The van der Waals surface area contributed by atoms with E-state index in [0.717, 1.165) is 0 Å². The summed E-state index contributed by atoms with van der Waals surface area (Å²) in [5, 5.41) is 0. The lowest BCUT2D eigenvalue weighted by atomic mass is 9.98. The van der Waals surface area contributed by atoms with Crippen molar-refractivity contribution in [3.05, 3.63) is 23.9 Å². The number of allylic oxidation sites excluding steroid dienone is 3. The number of rotatable bonds is 3. The molecule has 0 aromatic rings. The van der Waals surface area contributed by atoms with Crippen molar-refractivity contribution in [3.63, 3.8) is 0 Å². The van der Waals surface area contributed by atoms with Crippen LogP contribution in [0.15, 0.2) is 28.9 Å². The largest absolute Gasteiger partial charge is 0.306 e. The molecule has 0 amide bonds. The van der Waals surface area contributed by atoms with E-state index in [1.807, 2.05) is 19.3 Å². The third-order valence-electron chi connectivity index (χ3n) is 3.20. The molecule has 1 fully saturated rings. The van der Waals surface area contributed by atoms with Gasteiger partial charge in [-0.1, -0.05) is 24.6 Å². The van der Waals surface area contributed by atoms with E-state index in [1.165, 1.54) is 38.8 Å². The first-order chi connectivity index (χ1) is 8.22. The predicted octanol–water partition coefficient (Wildman–Crippen LogP) is 3.66. The fraction of sp³-hybridized carbons (Fsp3) is 0.667. The number of hydrogen-bond donors (Lipinski definition) is 0. The van der Waals surface area contributed by atoms with E-state index in [4.69, 9.17) is 0 Å². The number of hydrogen-bond acceptors (Lipinski definition) is 2. The summed E-state index contributed by atoms with van der Waals surface area (Å²) < 4.78 is 0. The van der Waals surface area contributed by atoms with Crippen LogP contribution in [-0.4, -0.2) is 31.3 Å². The van der Waals surface area contributed by atoms with Gasteiger partial charge >= 0.3 is 0 Å². The molecule has 17 heavy (non-hydrogen) atoms. The molecule has 1 atom stereocenters. The monoisotopic (exact) mass is 234 g/mol. The molecule has 0 saturated carbocycles. The summed E-state index contributed by atoms with van der Waals surface area (Å²) in [4.78, 5) is 6.55. The molecule has 0 radical (unpaired) electrons. The van der Waals surface area contributed by atoms with E-state index in [0.29, 0.717) is 5.92 Å². The Bertz CT molecular complexity index is 277. The third kappa shape index (κ3) is 6.42. The van der Waals surface area contributed by atoms with Crippen molar-refractivity contribution >= 4 is 6.21 Å². The van der Waals surface area contributed by atoms with Crippen LogP contribution in [0.25, 0.3) is 0 Å². The maximum atomic E-state index is 4.11. The molecule has 0 N–H and O–H groups in total. The fourth-order valence-electron chi connectivity index (χ4n) is 2.25. The van der Waals surface area contributed by atoms with Gasteiger partial charge in [-0.25, -0.2) is 0 Å². The highest BCUT2D eigenvalue weighted by atomic mass is 15.1.